The van der Waals surface area contributed by atoms with Crippen LogP contribution in [-0.2, 0) is 0 Å². The van der Waals surface area contributed by atoms with E-state index in [0.717, 1.165) is 62.4 Å². The van der Waals surface area contributed by atoms with Gasteiger partial charge in [0.1, 0.15) is 0 Å². The molecule has 0 amide bonds. The molecular formula is C58H39N3O. The van der Waals surface area contributed by atoms with Gasteiger partial charge < -0.3 is 19.1 Å². The first-order chi connectivity index (χ1) is 30.7. The summed E-state index contributed by atoms with van der Waals surface area (Å²) >= 11 is 0. The Morgan fingerprint density at radius 3 is 1.65 bits per heavy atom. The first-order valence-corrected chi connectivity index (χ1v) is 21.1. The molecule has 12 rings (SSSR count). The van der Waals surface area contributed by atoms with Crippen LogP contribution in [0, 0.1) is 0 Å². The molecule has 10 aromatic carbocycles. The minimum Gasteiger partial charge on any atom is -0.453 e. The van der Waals surface area contributed by atoms with Crippen LogP contribution in [0.1, 0.15) is 0 Å². The summed E-state index contributed by atoms with van der Waals surface area (Å²) in [5, 5.41) is 4.88. The fraction of sp³-hybridized carbons (Fsp3) is 0. The third-order valence-electron chi connectivity index (χ3n) is 12.2. The van der Waals surface area contributed by atoms with Crippen molar-refractivity contribution in [2.75, 3.05) is 9.80 Å². The SMILES string of the molecule is c1ccc(N2c3ccccc3Oc3cc(-c4ccc(N(c5ccc(-c6ccc7c(c6)c6ccccc6n7-c6ccccc6)cc5)c5cccc6ccccc56)cc4)ccc32)cc1. The van der Waals surface area contributed by atoms with E-state index >= 15 is 0 Å². The van der Waals surface area contributed by atoms with E-state index in [9.17, 15) is 0 Å². The minimum absolute atomic E-state index is 0.827. The number of para-hydroxylation sites is 5. The Kier molecular flexibility index (Phi) is 8.46. The van der Waals surface area contributed by atoms with Gasteiger partial charge in [0.05, 0.1) is 28.1 Å². The molecule has 11 aromatic rings. The Morgan fingerprint density at radius 1 is 0.339 bits per heavy atom. The average Bonchev–Trinajstić information content (AvgIpc) is 3.68. The molecule has 0 spiro atoms. The molecule has 0 saturated heterocycles. The monoisotopic (exact) mass is 793 g/mol. The summed E-state index contributed by atoms with van der Waals surface area (Å²) < 4.78 is 8.92. The third-order valence-corrected chi connectivity index (χ3v) is 12.2. The van der Waals surface area contributed by atoms with Crippen molar-refractivity contribution in [2.24, 2.45) is 0 Å². The lowest BCUT2D eigenvalue weighted by atomic mass is 10.0. The first kappa shape index (κ1) is 35.6. The van der Waals surface area contributed by atoms with Crippen LogP contribution in [0.25, 0.3) is 60.5 Å². The van der Waals surface area contributed by atoms with Gasteiger partial charge >= 0.3 is 0 Å². The van der Waals surface area contributed by atoms with E-state index in [1.165, 1.54) is 43.7 Å². The van der Waals surface area contributed by atoms with Gasteiger partial charge in [-0.25, -0.2) is 0 Å². The van der Waals surface area contributed by atoms with Gasteiger partial charge in [-0.1, -0.05) is 140 Å². The summed E-state index contributed by atoms with van der Waals surface area (Å²) in [6.45, 7) is 0. The van der Waals surface area contributed by atoms with Crippen molar-refractivity contribution in [3.8, 4) is 39.4 Å². The van der Waals surface area contributed by atoms with Crippen LogP contribution in [0.15, 0.2) is 237 Å². The normalized spacial score (nSPS) is 12.0. The number of hydrogen-bond acceptors (Lipinski definition) is 3. The van der Waals surface area contributed by atoms with E-state index in [1.807, 2.05) is 18.2 Å². The summed E-state index contributed by atoms with van der Waals surface area (Å²) in [7, 11) is 0. The van der Waals surface area contributed by atoms with Gasteiger partial charge in [-0.3, -0.25) is 0 Å². The van der Waals surface area contributed by atoms with E-state index in [-0.39, 0.29) is 0 Å². The molecule has 2 heterocycles. The highest BCUT2D eigenvalue weighted by molar-refractivity contribution is 6.10. The second kappa shape index (κ2) is 14.7. The molecule has 4 nitrogen and oxygen atoms in total. The van der Waals surface area contributed by atoms with Crippen LogP contribution in [-0.4, -0.2) is 4.57 Å². The van der Waals surface area contributed by atoms with Gasteiger partial charge in [0.2, 0.25) is 0 Å². The van der Waals surface area contributed by atoms with Gasteiger partial charge in [-0.2, -0.15) is 0 Å². The molecule has 0 N–H and O–H groups in total. The predicted molar refractivity (Wildman–Crippen MR) is 259 cm³/mol. The number of fused-ring (bicyclic) bond motifs is 6. The van der Waals surface area contributed by atoms with E-state index < -0.39 is 0 Å². The average molecular weight is 794 g/mol. The number of hydrogen-bond donors (Lipinski definition) is 0. The molecule has 1 aromatic heterocycles. The van der Waals surface area contributed by atoms with Crippen molar-refractivity contribution in [1.82, 2.24) is 4.57 Å². The highest BCUT2D eigenvalue weighted by Gasteiger charge is 2.26. The second-order valence-electron chi connectivity index (χ2n) is 15.8. The number of aromatic nitrogens is 1. The zero-order valence-corrected chi connectivity index (χ0v) is 33.8. The Labute approximate surface area is 360 Å². The zero-order chi connectivity index (χ0) is 41.0. The molecule has 0 atom stereocenters. The van der Waals surface area contributed by atoms with E-state index in [4.69, 9.17) is 4.74 Å². The molecule has 0 bridgehead atoms. The van der Waals surface area contributed by atoms with Crippen LogP contribution >= 0.6 is 0 Å². The second-order valence-corrected chi connectivity index (χ2v) is 15.8. The van der Waals surface area contributed by atoms with Gasteiger partial charge in [-0.15, -0.1) is 0 Å². The van der Waals surface area contributed by atoms with Gasteiger partial charge in [0, 0.05) is 38.9 Å². The summed E-state index contributed by atoms with van der Waals surface area (Å²) in [6, 6.07) is 84.5. The lowest BCUT2D eigenvalue weighted by Gasteiger charge is -2.33. The van der Waals surface area contributed by atoms with Crippen LogP contribution < -0.4 is 14.5 Å². The smallest absolute Gasteiger partial charge is 0.152 e. The predicted octanol–water partition coefficient (Wildman–Crippen LogP) is 16.3. The maximum Gasteiger partial charge on any atom is 0.152 e. The Balaban J connectivity index is 0.914. The largest absolute Gasteiger partial charge is 0.453 e. The standard InChI is InChI=1S/C58H39N3O/c1-3-16-45(17-4-1)60-53-22-10-9-21-50(53)51-38-43(30-36-54(51)60)40-26-32-47(33-27-40)59(52-24-13-15-42-14-7-8-20-49(42)52)48-34-28-41(29-35-48)44-31-37-56-58(39-44)62-57-25-12-11-23-55(57)61(56)46-18-5-2-6-19-46/h1-39H. The summed E-state index contributed by atoms with van der Waals surface area (Å²) in [4.78, 5) is 4.65. The van der Waals surface area contributed by atoms with Crippen LogP contribution in [0.2, 0.25) is 0 Å². The summed E-state index contributed by atoms with van der Waals surface area (Å²) in [6.07, 6.45) is 0. The zero-order valence-electron chi connectivity index (χ0n) is 33.8. The molecule has 0 radical (unpaired) electrons. The molecular weight excluding hydrogens is 755 g/mol. The third kappa shape index (κ3) is 6.00. The Morgan fingerprint density at radius 2 is 0.887 bits per heavy atom. The van der Waals surface area contributed by atoms with Gasteiger partial charge in [-0.05, 0) is 125 Å². The summed E-state index contributed by atoms with van der Waals surface area (Å²) in [5.41, 5.74) is 14.5. The van der Waals surface area contributed by atoms with E-state index in [1.54, 1.807) is 0 Å². The number of nitrogens with zero attached hydrogens (tertiary/aromatic N) is 3. The Bertz CT molecular complexity index is 3420. The van der Waals surface area contributed by atoms with Gasteiger partial charge in [0.15, 0.2) is 11.5 Å². The van der Waals surface area contributed by atoms with Crippen LogP contribution in [0.4, 0.5) is 34.1 Å². The fourth-order valence-corrected chi connectivity index (χ4v) is 9.24. The highest BCUT2D eigenvalue weighted by atomic mass is 16.5. The van der Waals surface area contributed by atoms with Crippen molar-refractivity contribution < 1.29 is 4.74 Å². The molecule has 1 aliphatic rings. The maximum atomic E-state index is 6.56. The van der Waals surface area contributed by atoms with Crippen molar-refractivity contribution in [2.45, 2.75) is 0 Å². The number of anilines is 6. The summed E-state index contributed by atoms with van der Waals surface area (Å²) in [5.74, 6) is 1.66. The fourth-order valence-electron chi connectivity index (χ4n) is 9.24. The molecule has 0 unspecified atom stereocenters. The number of rotatable bonds is 7. The van der Waals surface area contributed by atoms with E-state index in [2.05, 4.69) is 233 Å². The van der Waals surface area contributed by atoms with Crippen molar-refractivity contribution in [1.29, 1.82) is 0 Å². The van der Waals surface area contributed by atoms with E-state index in [0.29, 0.717) is 0 Å². The van der Waals surface area contributed by atoms with Crippen molar-refractivity contribution in [3.63, 3.8) is 0 Å². The van der Waals surface area contributed by atoms with Crippen molar-refractivity contribution in [3.05, 3.63) is 237 Å². The highest BCUT2D eigenvalue weighted by Crippen LogP contribution is 2.51. The quantitative estimate of drug-likeness (QED) is 0.160. The molecule has 0 saturated carbocycles. The molecule has 1 aliphatic heterocycles. The number of ether oxygens (including phenoxy) is 1. The van der Waals surface area contributed by atoms with Crippen LogP contribution in [0.3, 0.4) is 0 Å². The van der Waals surface area contributed by atoms with Gasteiger partial charge in [0.25, 0.3) is 0 Å². The molecule has 62 heavy (non-hydrogen) atoms. The molecule has 0 aliphatic carbocycles. The maximum absolute atomic E-state index is 6.56. The Hall–Kier alpha value is -8.34. The lowest BCUT2D eigenvalue weighted by molar-refractivity contribution is 0.477. The molecule has 0 fully saturated rings. The van der Waals surface area contributed by atoms with Crippen LogP contribution in [0.5, 0.6) is 11.5 Å². The minimum atomic E-state index is 0.827. The topological polar surface area (TPSA) is 20.6 Å². The van der Waals surface area contributed by atoms with Crippen molar-refractivity contribution >= 4 is 66.7 Å². The first-order valence-electron chi connectivity index (χ1n) is 21.1. The number of benzene rings is 10. The molecule has 4 heteroatoms. The lowest BCUT2D eigenvalue weighted by Crippen LogP contribution is -2.15. The molecule has 292 valence electrons.